The number of alkyl halides is 3. The number of likely N-dealkylation sites (N-methyl/N-ethyl adjacent to an activating group) is 1. The molecule has 36 heavy (non-hydrogen) atoms. The van der Waals surface area contributed by atoms with Crippen LogP contribution in [0.15, 0.2) is 42.7 Å². The molecule has 1 fully saturated rings. The first-order valence-electron chi connectivity index (χ1n) is 11.7. The predicted molar refractivity (Wildman–Crippen MR) is 130 cm³/mol. The van der Waals surface area contributed by atoms with Crippen molar-refractivity contribution >= 4 is 11.7 Å². The van der Waals surface area contributed by atoms with Crippen LogP contribution in [0, 0.1) is 18.8 Å². The van der Waals surface area contributed by atoms with Gasteiger partial charge in [-0.25, -0.2) is 4.98 Å². The molecule has 2 N–H and O–H groups in total. The molecule has 10 heteroatoms. The van der Waals surface area contributed by atoms with Gasteiger partial charge >= 0.3 is 6.18 Å². The number of nitrogens with one attached hydrogen (secondary N) is 2. The average Bonchev–Trinajstić information content (AvgIpc) is 3.27. The third-order valence-corrected chi connectivity index (χ3v) is 6.16. The first-order chi connectivity index (χ1) is 17.2. The summed E-state index contributed by atoms with van der Waals surface area (Å²) in [5.74, 6) is 5.46. The van der Waals surface area contributed by atoms with Gasteiger partial charge in [0.05, 0.1) is 17.3 Å². The van der Waals surface area contributed by atoms with Gasteiger partial charge in [0.25, 0.3) is 5.91 Å². The Morgan fingerprint density at radius 1 is 1.11 bits per heavy atom. The number of nitrogens with zero attached hydrogens (tertiary/aromatic N) is 4. The highest BCUT2D eigenvalue weighted by Gasteiger charge is 2.34. The second kappa shape index (κ2) is 10.9. The maximum atomic E-state index is 13.9. The Balaban J connectivity index is 1.49. The maximum absolute atomic E-state index is 13.9. The zero-order valence-electron chi connectivity index (χ0n) is 20.1. The van der Waals surface area contributed by atoms with Crippen molar-refractivity contribution in [3.05, 3.63) is 76.2 Å². The quantitative estimate of drug-likeness (QED) is 0.524. The highest BCUT2D eigenvalue weighted by molar-refractivity contribution is 6.04. The molecule has 1 aliphatic rings. The number of carbonyl (C=O) groups is 1. The molecule has 1 aromatic carbocycles. The molecule has 2 aromatic heterocycles. The van der Waals surface area contributed by atoms with Gasteiger partial charge in [0.1, 0.15) is 5.82 Å². The third kappa shape index (κ3) is 6.30. The van der Waals surface area contributed by atoms with Crippen LogP contribution in [0.2, 0.25) is 0 Å². The van der Waals surface area contributed by atoms with Crippen molar-refractivity contribution in [3.8, 4) is 11.8 Å². The number of amides is 1. The molecule has 0 radical (unpaired) electrons. The summed E-state index contributed by atoms with van der Waals surface area (Å²) in [6.45, 7) is 8.11. The third-order valence-electron chi connectivity index (χ3n) is 6.16. The molecule has 3 heterocycles. The summed E-state index contributed by atoms with van der Waals surface area (Å²) in [7, 11) is 0. The van der Waals surface area contributed by atoms with Gasteiger partial charge in [0.2, 0.25) is 0 Å². The summed E-state index contributed by atoms with van der Waals surface area (Å²) >= 11 is 0. The van der Waals surface area contributed by atoms with E-state index in [1.807, 2.05) is 11.8 Å². The van der Waals surface area contributed by atoms with Crippen LogP contribution in [0.4, 0.5) is 19.0 Å². The summed E-state index contributed by atoms with van der Waals surface area (Å²) < 4.78 is 41.6. The largest absolute Gasteiger partial charge is 0.416 e. The molecule has 4 rings (SSSR count). The highest BCUT2D eigenvalue weighted by Crippen LogP contribution is 2.33. The number of anilines is 1. The van der Waals surface area contributed by atoms with E-state index in [0.717, 1.165) is 37.0 Å². The summed E-state index contributed by atoms with van der Waals surface area (Å²) in [6.07, 6.45) is -1.49. The van der Waals surface area contributed by atoms with Gasteiger partial charge in [-0.1, -0.05) is 24.8 Å². The molecular weight excluding hydrogens is 469 g/mol. The summed E-state index contributed by atoms with van der Waals surface area (Å²) in [5, 5.41) is 9.29. The molecule has 0 saturated carbocycles. The molecular formula is C26H27F3N6O. The zero-order valence-corrected chi connectivity index (χ0v) is 20.1. The Labute approximate surface area is 207 Å². The van der Waals surface area contributed by atoms with Crippen LogP contribution in [0.5, 0.6) is 0 Å². The summed E-state index contributed by atoms with van der Waals surface area (Å²) in [5.41, 5.74) is 1.44. The van der Waals surface area contributed by atoms with Crippen LogP contribution in [0.3, 0.4) is 0 Å². The number of aryl methyl sites for hydroxylation is 1. The van der Waals surface area contributed by atoms with Crippen LogP contribution >= 0.6 is 0 Å². The number of H-pyrrole nitrogens is 1. The number of hydrogen-bond acceptors (Lipinski definition) is 5. The van der Waals surface area contributed by atoms with E-state index >= 15 is 0 Å². The van der Waals surface area contributed by atoms with Crippen molar-refractivity contribution < 1.29 is 18.0 Å². The molecule has 0 aliphatic carbocycles. The SMILES string of the molecule is CCN1CCN(Cc2ccc(C(=O)Nc3cc(C#Cc4cn[nH]c4C)ccn3)cc2C(F)(F)F)CC1. The zero-order chi connectivity index (χ0) is 25.7. The number of pyridine rings is 1. The smallest absolute Gasteiger partial charge is 0.307 e. The maximum Gasteiger partial charge on any atom is 0.416 e. The molecule has 3 aromatic rings. The Kier molecular flexibility index (Phi) is 7.72. The minimum absolute atomic E-state index is 0.0887. The first-order valence-corrected chi connectivity index (χ1v) is 11.7. The summed E-state index contributed by atoms with van der Waals surface area (Å²) in [4.78, 5) is 21.2. The highest BCUT2D eigenvalue weighted by atomic mass is 19.4. The number of hydrogen-bond donors (Lipinski definition) is 2. The number of aromatic nitrogens is 3. The minimum atomic E-state index is -4.57. The Hall–Kier alpha value is -3.68. The number of aromatic amines is 1. The lowest BCUT2D eigenvalue weighted by atomic mass is 10.0. The van der Waals surface area contributed by atoms with Crippen LogP contribution in [0.25, 0.3) is 0 Å². The average molecular weight is 497 g/mol. The van der Waals surface area contributed by atoms with Gasteiger partial charge in [0.15, 0.2) is 0 Å². The van der Waals surface area contributed by atoms with Crippen LogP contribution in [-0.4, -0.2) is 63.6 Å². The van der Waals surface area contributed by atoms with Crippen LogP contribution in [0.1, 0.15) is 45.2 Å². The first kappa shape index (κ1) is 25.4. The molecule has 0 bridgehead atoms. The fourth-order valence-corrected chi connectivity index (χ4v) is 4.01. The monoisotopic (exact) mass is 496 g/mol. The second-order valence-corrected chi connectivity index (χ2v) is 8.62. The summed E-state index contributed by atoms with van der Waals surface area (Å²) in [6, 6.07) is 6.97. The molecule has 1 saturated heterocycles. The lowest BCUT2D eigenvalue weighted by Gasteiger charge is -2.34. The molecule has 0 atom stereocenters. The Bertz CT molecular complexity index is 1280. The normalized spacial score (nSPS) is 14.8. The van der Waals surface area contributed by atoms with Crippen LogP contribution < -0.4 is 5.32 Å². The molecule has 188 valence electrons. The van der Waals surface area contributed by atoms with Crippen molar-refractivity contribution in [1.82, 2.24) is 25.0 Å². The van der Waals surface area contributed by atoms with E-state index in [-0.39, 0.29) is 23.5 Å². The minimum Gasteiger partial charge on any atom is -0.307 e. The Morgan fingerprint density at radius 3 is 2.53 bits per heavy atom. The van der Waals surface area contributed by atoms with Crippen molar-refractivity contribution in [1.29, 1.82) is 0 Å². The molecule has 1 amide bonds. The van der Waals surface area contributed by atoms with Crippen LogP contribution in [-0.2, 0) is 12.7 Å². The topological polar surface area (TPSA) is 77.1 Å². The van der Waals surface area contributed by atoms with Gasteiger partial charge < -0.3 is 10.2 Å². The van der Waals surface area contributed by atoms with Crippen molar-refractivity contribution in [2.24, 2.45) is 0 Å². The van der Waals surface area contributed by atoms with E-state index in [9.17, 15) is 18.0 Å². The van der Waals surface area contributed by atoms with Crippen molar-refractivity contribution in [3.63, 3.8) is 0 Å². The number of halogens is 3. The lowest BCUT2D eigenvalue weighted by molar-refractivity contribution is -0.138. The fourth-order valence-electron chi connectivity index (χ4n) is 4.01. The van der Waals surface area contributed by atoms with Gasteiger partial charge in [-0.2, -0.15) is 18.3 Å². The van der Waals surface area contributed by atoms with E-state index in [1.54, 1.807) is 18.3 Å². The van der Waals surface area contributed by atoms with Gasteiger partial charge in [-0.15, -0.1) is 0 Å². The fraction of sp³-hybridized carbons (Fsp3) is 0.346. The van der Waals surface area contributed by atoms with E-state index in [1.165, 1.54) is 18.3 Å². The number of piperazine rings is 1. The Morgan fingerprint density at radius 2 is 1.86 bits per heavy atom. The molecule has 1 aliphatic heterocycles. The lowest BCUT2D eigenvalue weighted by Crippen LogP contribution is -2.45. The predicted octanol–water partition coefficient (Wildman–Crippen LogP) is 3.92. The number of rotatable bonds is 5. The molecule has 7 nitrogen and oxygen atoms in total. The van der Waals surface area contributed by atoms with E-state index in [4.69, 9.17) is 0 Å². The molecule has 0 unspecified atom stereocenters. The number of benzene rings is 1. The van der Waals surface area contributed by atoms with E-state index in [0.29, 0.717) is 18.7 Å². The van der Waals surface area contributed by atoms with E-state index < -0.39 is 17.6 Å². The van der Waals surface area contributed by atoms with Gasteiger partial charge in [0, 0.05) is 55.7 Å². The van der Waals surface area contributed by atoms with Crippen molar-refractivity contribution in [2.45, 2.75) is 26.6 Å². The number of carbonyl (C=O) groups excluding carboxylic acids is 1. The van der Waals surface area contributed by atoms with Gasteiger partial charge in [-0.05, 0) is 43.3 Å². The molecule has 0 spiro atoms. The standard InChI is InChI=1S/C26H27F3N6O/c1-3-34-10-12-35(13-11-34)17-22-7-6-20(15-23(22)26(27,28)29)25(36)32-24-14-19(8-9-30-24)4-5-21-16-31-33-18(21)2/h6-9,14-16H,3,10-13,17H2,1-2H3,(H,31,33)(H,30,32,36). The van der Waals surface area contributed by atoms with Gasteiger partial charge in [-0.3, -0.25) is 14.8 Å². The second-order valence-electron chi connectivity index (χ2n) is 8.62. The van der Waals surface area contributed by atoms with Crippen molar-refractivity contribution in [2.75, 3.05) is 38.0 Å². The van der Waals surface area contributed by atoms with E-state index in [2.05, 4.69) is 44.2 Å².